The Bertz CT molecular complexity index is 1250. The summed E-state index contributed by atoms with van der Waals surface area (Å²) < 4.78 is 26.7. The minimum Gasteiger partial charge on any atom is -0.480 e. The minimum atomic E-state index is -4.78. The molecule has 11 nitrogen and oxygen atoms in total. The van der Waals surface area contributed by atoms with Gasteiger partial charge in [-0.05, 0) is 77.0 Å². The Hall–Kier alpha value is -3.34. The number of hydrogen-bond acceptors (Lipinski definition) is 8. The number of aliphatic hydroxyl groups excluding tert-OH is 1. The van der Waals surface area contributed by atoms with Crippen molar-refractivity contribution in [2.24, 2.45) is 0 Å². The standard InChI is InChI=1S/C43H70NO10P/c1-3-5-7-9-11-13-15-17-18-19-20-21-22-23-24-26-28-30-32-34-41(46)44-40(43(48)49)38-54-55(50,51)53-37-39(45)36-52-42(47)35-33-31-29-27-25-16-14-12-10-8-6-4-2/h5,7,11-14,17-18,20-21,23-24,28,30,39-40,45H,3-4,6,8-10,15-16,19,22,25-27,29,31-38H2,1-2H3,(H,44,46)(H,48,49)(H,50,51)/b7-5-,13-11-,14-12-,18-17-,21-20-,24-23-,30-28-. The van der Waals surface area contributed by atoms with E-state index in [1.807, 2.05) is 18.2 Å². The van der Waals surface area contributed by atoms with Gasteiger partial charge in [-0.2, -0.15) is 0 Å². The summed E-state index contributed by atoms with van der Waals surface area (Å²) in [5.74, 6) is -2.51. The first-order valence-electron chi connectivity index (χ1n) is 20.1. The first kappa shape index (κ1) is 51.7. The van der Waals surface area contributed by atoms with E-state index in [-0.39, 0.29) is 12.8 Å². The van der Waals surface area contributed by atoms with E-state index >= 15 is 0 Å². The Balaban J connectivity index is 4.10. The average molecular weight is 792 g/mol. The van der Waals surface area contributed by atoms with E-state index in [1.165, 1.54) is 19.3 Å². The summed E-state index contributed by atoms with van der Waals surface area (Å²) in [6.07, 6.45) is 44.9. The molecule has 0 heterocycles. The molecule has 0 bridgehead atoms. The van der Waals surface area contributed by atoms with Gasteiger partial charge in [-0.25, -0.2) is 9.36 Å². The number of carbonyl (C=O) groups is 3. The fourth-order valence-corrected chi connectivity index (χ4v) is 5.57. The lowest BCUT2D eigenvalue weighted by atomic mass is 10.1. The van der Waals surface area contributed by atoms with Crippen LogP contribution in [-0.2, 0) is 32.7 Å². The molecule has 55 heavy (non-hydrogen) atoms. The highest BCUT2D eigenvalue weighted by atomic mass is 31.2. The first-order valence-corrected chi connectivity index (χ1v) is 21.6. The molecule has 312 valence electrons. The van der Waals surface area contributed by atoms with Crippen LogP contribution in [0, 0.1) is 0 Å². The second-order valence-electron chi connectivity index (χ2n) is 13.1. The number of nitrogens with one attached hydrogen (secondary N) is 1. The Labute approximate surface area is 331 Å². The third-order valence-electron chi connectivity index (χ3n) is 7.93. The number of phosphoric ester groups is 1. The lowest BCUT2D eigenvalue weighted by Gasteiger charge is -2.18. The van der Waals surface area contributed by atoms with Crippen LogP contribution in [0.4, 0.5) is 0 Å². The van der Waals surface area contributed by atoms with Crippen LogP contribution in [0.25, 0.3) is 0 Å². The Morgan fingerprint density at radius 3 is 1.62 bits per heavy atom. The van der Waals surface area contributed by atoms with Gasteiger partial charge in [0.1, 0.15) is 12.7 Å². The maximum absolute atomic E-state index is 12.3. The fourth-order valence-electron chi connectivity index (χ4n) is 4.80. The fraction of sp³-hybridized carbons (Fsp3) is 0.605. The smallest absolute Gasteiger partial charge is 0.472 e. The number of unbranched alkanes of at least 4 members (excludes halogenated alkanes) is 8. The molecule has 12 heteroatoms. The van der Waals surface area contributed by atoms with Crippen molar-refractivity contribution in [2.75, 3.05) is 19.8 Å². The summed E-state index contributed by atoms with van der Waals surface area (Å²) in [5.41, 5.74) is 0. The quantitative estimate of drug-likeness (QED) is 0.0207. The lowest BCUT2D eigenvalue weighted by molar-refractivity contribution is -0.147. The van der Waals surface area contributed by atoms with Gasteiger partial charge in [0.25, 0.3) is 0 Å². The molecule has 0 aliphatic heterocycles. The third kappa shape index (κ3) is 37.4. The lowest BCUT2D eigenvalue weighted by Crippen LogP contribution is -2.43. The van der Waals surface area contributed by atoms with Crippen LogP contribution >= 0.6 is 7.82 Å². The minimum absolute atomic E-state index is 0.0151. The van der Waals surface area contributed by atoms with Crippen molar-refractivity contribution in [1.82, 2.24) is 5.32 Å². The number of carboxylic acid groups (broad SMARTS) is 1. The van der Waals surface area contributed by atoms with Gasteiger partial charge in [-0.3, -0.25) is 18.6 Å². The summed E-state index contributed by atoms with van der Waals surface area (Å²) in [5, 5.41) is 21.7. The van der Waals surface area contributed by atoms with Crippen molar-refractivity contribution >= 4 is 25.7 Å². The van der Waals surface area contributed by atoms with Crippen LogP contribution in [0.1, 0.15) is 136 Å². The van der Waals surface area contributed by atoms with Crippen LogP contribution < -0.4 is 5.32 Å². The van der Waals surface area contributed by atoms with Crippen molar-refractivity contribution < 1.29 is 47.8 Å². The molecule has 0 fully saturated rings. The molecule has 0 saturated heterocycles. The molecule has 0 aromatic carbocycles. The predicted molar refractivity (Wildman–Crippen MR) is 221 cm³/mol. The van der Waals surface area contributed by atoms with E-state index in [1.54, 1.807) is 0 Å². The Morgan fingerprint density at radius 2 is 1.07 bits per heavy atom. The maximum atomic E-state index is 12.3. The number of ether oxygens (including phenoxy) is 1. The highest BCUT2D eigenvalue weighted by molar-refractivity contribution is 7.47. The van der Waals surface area contributed by atoms with Gasteiger partial charge >= 0.3 is 19.8 Å². The number of hydrogen-bond donors (Lipinski definition) is 4. The molecule has 0 saturated carbocycles. The highest BCUT2D eigenvalue weighted by Crippen LogP contribution is 2.43. The summed E-state index contributed by atoms with van der Waals surface area (Å²) in [6, 6.07) is -1.59. The normalized spacial score (nSPS) is 14.7. The van der Waals surface area contributed by atoms with Crippen LogP contribution in [0.2, 0.25) is 0 Å². The molecule has 0 aliphatic rings. The number of rotatable bonds is 36. The molecular weight excluding hydrogens is 721 g/mol. The largest absolute Gasteiger partial charge is 0.480 e. The molecule has 1 amide bonds. The van der Waals surface area contributed by atoms with E-state index in [4.69, 9.17) is 13.8 Å². The Kier molecular flexibility index (Phi) is 35.3. The predicted octanol–water partition coefficient (Wildman–Crippen LogP) is 9.94. The number of carbonyl (C=O) groups excluding carboxylic acids is 2. The SMILES string of the molecule is CC/C=C\C/C=C\C/C=C\C/C=C\C/C=C\C/C=C\CCC(=O)NC(COP(=O)(O)OCC(O)COC(=O)CCCCCCC/C=C\CCCCC)C(=O)O. The zero-order valence-corrected chi connectivity index (χ0v) is 34.3. The summed E-state index contributed by atoms with van der Waals surface area (Å²) in [6.45, 7) is 2.36. The molecule has 0 aliphatic carbocycles. The van der Waals surface area contributed by atoms with Crippen molar-refractivity contribution in [1.29, 1.82) is 0 Å². The monoisotopic (exact) mass is 791 g/mol. The van der Waals surface area contributed by atoms with E-state index in [2.05, 4.69) is 86.0 Å². The van der Waals surface area contributed by atoms with Crippen LogP contribution in [0.5, 0.6) is 0 Å². The second kappa shape index (κ2) is 37.6. The molecular formula is C43H70NO10P. The molecule has 3 unspecified atom stereocenters. The number of carboxylic acids is 1. The number of phosphoric acid groups is 1. The Morgan fingerprint density at radius 1 is 0.600 bits per heavy atom. The van der Waals surface area contributed by atoms with Crippen molar-refractivity contribution in [3.63, 3.8) is 0 Å². The van der Waals surface area contributed by atoms with Gasteiger partial charge in [-0.15, -0.1) is 0 Å². The topological polar surface area (TPSA) is 169 Å². The summed E-state index contributed by atoms with van der Waals surface area (Å²) in [4.78, 5) is 45.7. The number of amides is 1. The summed E-state index contributed by atoms with van der Waals surface area (Å²) in [7, 11) is -4.78. The van der Waals surface area contributed by atoms with Gasteiger partial charge in [0.2, 0.25) is 5.91 Å². The van der Waals surface area contributed by atoms with Crippen LogP contribution in [0.3, 0.4) is 0 Å². The molecule has 0 radical (unpaired) electrons. The van der Waals surface area contributed by atoms with Crippen LogP contribution in [0.15, 0.2) is 85.1 Å². The third-order valence-corrected chi connectivity index (χ3v) is 8.88. The molecule has 0 spiro atoms. The molecule has 0 rings (SSSR count). The molecule has 4 N–H and O–H groups in total. The average Bonchev–Trinajstić information content (AvgIpc) is 3.16. The van der Waals surface area contributed by atoms with Crippen LogP contribution in [-0.4, -0.2) is 64.9 Å². The number of allylic oxidation sites excluding steroid dienone is 14. The molecule has 0 aromatic heterocycles. The van der Waals surface area contributed by atoms with E-state index in [0.717, 1.165) is 70.6 Å². The number of aliphatic hydroxyl groups is 1. The van der Waals surface area contributed by atoms with Crippen molar-refractivity contribution in [2.45, 2.75) is 148 Å². The first-order chi connectivity index (χ1) is 26.6. The summed E-state index contributed by atoms with van der Waals surface area (Å²) >= 11 is 0. The second-order valence-corrected chi connectivity index (χ2v) is 14.5. The van der Waals surface area contributed by atoms with Gasteiger partial charge < -0.3 is 25.2 Å². The molecule has 3 atom stereocenters. The van der Waals surface area contributed by atoms with E-state index < -0.39 is 57.6 Å². The van der Waals surface area contributed by atoms with Gasteiger partial charge in [-0.1, -0.05) is 131 Å². The zero-order chi connectivity index (χ0) is 40.7. The highest BCUT2D eigenvalue weighted by Gasteiger charge is 2.28. The number of aliphatic carboxylic acids is 1. The maximum Gasteiger partial charge on any atom is 0.472 e. The van der Waals surface area contributed by atoms with E-state index in [0.29, 0.717) is 19.3 Å². The zero-order valence-electron chi connectivity index (χ0n) is 33.4. The number of esters is 1. The van der Waals surface area contributed by atoms with Gasteiger partial charge in [0, 0.05) is 12.8 Å². The molecule has 0 aromatic rings. The van der Waals surface area contributed by atoms with Crippen molar-refractivity contribution in [3.8, 4) is 0 Å². The van der Waals surface area contributed by atoms with E-state index in [9.17, 15) is 34.1 Å². The van der Waals surface area contributed by atoms with Crippen molar-refractivity contribution in [3.05, 3.63) is 85.1 Å². The van der Waals surface area contributed by atoms with Gasteiger partial charge in [0.15, 0.2) is 6.04 Å². The van der Waals surface area contributed by atoms with Gasteiger partial charge in [0.05, 0.1) is 13.2 Å².